The fourth-order valence-corrected chi connectivity index (χ4v) is 5.45. The summed E-state index contributed by atoms with van der Waals surface area (Å²) < 4.78 is 13.2. The molecule has 6 heterocycles. The van der Waals surface area contributed by atoms with E-state index in [9.17, 15) is 0 Å². The van der Waals surface area contributed by atoms with E-state index in [1.807, 2.05) is 14.1 Å². The van der Waals surface area contributed by atoms with Gasteiger partial charge in [-0.15, -0.1) is 0 Å². The predicted molar refractivity (Wildman–Crippen MR) is 168 cm³/mol. The fourth-order valence-electron chi connectivity index (χ4n) is 5.45. The van der Waals surface area contributed by atoms with Crippen molar-refractivity contribution in [1.29, 1.82) is 0 Å². The normalized spacial score (nSPS) is 11.0. The number of aromatic nitrogens is 6. The van der Waals surface area contributed by atoms with Crippen LogP contribution in [0.5, 0.6) is 0 Å². The average molecular weight is 583 g/mol. The highest BCUT2D eigenvalue weighted by molar-refractivity contribution is 5.62. The Bertz CT molecular complexity index is 1620. The first-order chi connectivity index (χ1) is 21.6. The van der Waals surface area contributed by atoms with E-state index >= 15 is 0 Å². The molecule has 0 fully saturated rings. The molecule has 0 saturated carbocycles. The fraction of sp³-hybridized carbons (Fsp3) is 0.211. The van der Waals surface area contributed by atoms with Crippen LogP contribution in [-0.4, -0.2) is 0 Å². The maximum absolute atomic E-state index is 2.27. The van der Waals surface area contributed by atoms with Crippen LogP contribution in [-0.2, 0) is 40.3 Å². The Labute approximate surface area is 260 Å². The van der Waals surface area contributed by atoms with Crippen molar-refractivity contribution in [2.24, 2.45) is 14.1 Å². The Balaban J connectivity index is 0.943. The van der Waals surface area contributed by atoms with Gasteiger partial charge in [0.25, 0.3) is 0 Å². The topological polar surface area (TPSA) is 23.3 Å². The molecule has 218 valence electrons. The molecule has 6 heteroatoms. The molecule has 44 heavy (non-hydrogen) atoms. The molecule has 0 aliphatic carbocycles. The maximum atomic E-state index is 2.27. The van der Waals surface area contributed by atoms with Crippen LogP contribution in [0, 0.1) is 0 Å². The molecule has 6 aromatic heterocycles. The Morgan fingerprint density at radius 3 is 0.682 bits per heavy atom. The molecule has 0 aliphatic rings. The first-order valence-electron chi connectivity index (χ1n) is 15.5. The SMILES string of the molecule is C[n+]1ccc(-c2cc[n+](CCC[n+]3ccc(-c4cc[n+](CCC[n+]5ccc(-c6cc[n+](C)cc6)cc5)cc4)cc3)cc2)cc1. The number of nitrogens with zero attached hydrogens (tertiary/aromatic N) is 6. The van der Waals surface area contributed by atoms with Gasteiger partial charge < -0.3 is 0 Å². The molecule has 0 saturated heterocycles. The van der Waals surface area contributed by atoms with Crippen molar-refractivity contribution in [3.63, 3.8) is 0 Å². The van der Waals surface area contributed by atoms with Crippen LogP contribution < -0.4 is 27.4 Å². The Morgan fingerprint density at radius 1 is 0.295 bits per heavy atom. The van der Waals surface area contributed by atoms with Gasteiger partial charge in [0.05, 0.1) is 12.8 Å². The first kappa shape index (κ1) is 29.0. The van der Waals surface area contributed by atoms with Crippen LogP contribution in [0.1, 0.15) is 12.8 Å². The Kier molecular flexibility index (Phi) is 9.17. The number of hydrogen-bond acceptors (Lipinski definition) is 0. The molecule has 0 atom stereocenters. The molecule has 0 radical (unpaired) electrons. The van der Waals surface area contributed by atoms with Gasteiger partial charge in [-0.25, -0.2) is 27.4 Å². The lowest BCUT2D eigenvalue weighted by Gasteiger charge is -2.02. The Hall–Kier alpha value is -5.10. The number of rotatable bonds is 11. The van der Waals surface area contributed by atoms with Crippen LogP contribution in [0.4, 0.5) is 0 Å². The molecule has 6 rings (SSSR count). The van der Waals surface area contributed by atoms with E-state index in [-0.39, 0.29) is 0 Å². The van der Waals surface area contributed by atoms with Crippen molar-refractivity contribution in [2.45, 2.75) is 39.0 Å². The minimum absolute atomic E-state index is 0.991. The lowest BCUT2D eigenvalue weighted by Crippen LogP contribution is -2.38. The zero-order valence-corrected chi connectivity index (χ0v) is 25.8. The minimum Gasteiger partial charge on any atom is -0.208 e. The molecular weight excluding hydrogens is 540 g/mol. The summed E-state index contributed by atoms with van der Waals surface area (Å²) in [5.74, 6) is 0. The lowest BCUT2D eigenvalue weighted by molar-refractivity contribution is -0.727. The summed E-state index contributed by atoms with van der Waals surface area (Å²) in [4.78, 5) is 0. The highest BCUT2D eigenvalue weighted by Gasteiger charge is 2.10. The lowest BCUT2D eigenvalue weighted by atomic mass is 10.1. The van der Waals surface area contributed by atoms with Gasteiger partial charge in [0.1, 0.15) is 14.1 Å². The zero-order chi connectivity index (χ0) is 30.1. The molecule has 0 N–H and O–H groups in total. The van der Waals surface area contributed by atoms with E-state index in [0.717, 1.165) is 39.0 Å². The Morgan fingerprint density at radius 2 is 0.477 bits per heavy atom. The first-order valence-corrected chi connectivity index (χ1v) is 15.5. The molecule has 6 nitrogen and oxygen atoms in total. The van der Waals surface area contributed by atoms with E-state index in [2.05, 4.69) is 175 Å². The molecule has 0 amide bonds. The summed E-state index contributed by atoms with van der Waals surface area (Å²) in [5.41, 5.74) is 7.47. The standard InChI is InChI=1S/C38H42N6/c1-39-21-5-33(6-22-39)35-9-25-41(26-10-35)17-3-19-43-29-13-37(14-30-43)38-15-31-44(32-16-38)20-4-18-42-27-11-36(12-28-42)34-7-23-40(2)24-8-34/h5-16,21-32H,3-4,17-20H2,1-2H3/q+6. The van der Waals surface area contributed by atoms with Gasteiger partial charge >= 0.3 is 0 Å². The number of pyridine rings is 6. The van der Waals surface area contributed by atoms with Gasteiger partial charge in [0.2, 0.25) is 0 Å². The molecule has 6 aromatic rings. The van der Waals surface area contributed by atoms with E-state index < -0.39 is 0 Å². The van der Waals surface area contributed by atoms with Gasteiger partial charge in [0, 0.05) is 72.8 Å². The van der Waals surface area contributed by atoms with Gasteiger partial charge in [-0.05, 0) is 33.4 Å². The average Bonchev–Trinajstić information content (AvgIpc) is 3.07. The second-order valence-electron chi connectivity index (χ2n) is 11.5. The second kappa shape index (κ2) is 13.9. The van der Waals surface area contributed by atoms with Gasteiger partial charge in [-0.2, -0.15) is 0 Å². The van der Waals surface area contributed by atoms with Crippen LogP contribution in [0.3, 0.4) is 0 Å². The highest BCUT2D eigenvalue weighted by atomic mass is 15.0. The summed E-state index contributed by atoms with van der Waals surface area (Å²) >= 11 is 0. The largest absolute Gasteiger partial charge is 0.208 e. The maximum Gasteiger partial charge on any atom is 0.169 e. The van der Waals surface area contributed by atoms with Crippen molar-refractivity contribution in [2.75, 3.05) is 0 Å². The van der Waals surface area contributed by atoms with Crippen molar-refractivity contribution < 1.29 is 27.4 Å². The van der Waals surface area contributed by atoms with Crippen molar-refractivity contribution in [1.82, 2.24) is 0 Å². The summed E-state index contributed by atoms with van der Waals surface area (Å²) in [5, 5.41) is 0. The summed E-state index contributed by atoms with van der Waals surface area (Å²) in [6, 6.07) is 26.3. The minimum atomic E-state index is 0.991. The third-order valence-electron chi connectivity index (χ3n) is 8.19. The van der Waals surface area contributed by atoms with E-state index in [0.29, 0.717) is 0 Å². The van der Waals surface area contributed by atoms with Gasteiger partial charge in [-0.1, -0.05) is 0 Å². The molecule has 0 aliphatic heterocycles. The van der Waals surface area contributed by atoms with Crippen molar-refractivity contribution in [3.05, 3.63) is 147 Å². The van der Waals surface area contributed by atoms with Crippen LogP contribution in [0.2, 0.25) is 0 Å². The van der Waals surface area contributed by atoms with E-state index in [4.69, 9.17) is 0 Å². The third kappa shape index (κ3) is 7.64. The third-order valence-corrected chi connectivity index (χ3v) is 8.19. The van der Waals surface area contributed by atoms with E-state index in [1.54, 1.807) is 0 Å². The molecule has 0 aromatic carbocycles. The van der Waals surface area contributed by atoms with Crippen LogP contribution >= 0.6 is 0 Å². The molecule has 0 unspecified atom stereocenters. The summed E-state index contributed by atoms with van der Waals surface area (Å²) in [6.07, 6.45) is 28.0. The van der Waals surface area contributed by atoms with E-state index in [1.165, 1.54) is 33.4 Å². The number of aryl methyl sites for hydroxylation is 6. The van der Waals surface area contributed by atoms with Gasteiger partial charge in [0.15, 0.2) is 101 Å². The summed E-state index contributed by atoms with van der Waals surface area (Å²) in [6.45, 7) is 3.97. The quantitative estimate of drug-likeness (QED) is 0.208. The second-order valence-corrected chi connectivity index (χ2v) is 11.5. The predicted octanol–water partition coefficient (Wildman–Crippen LogP) is 3.67. The molecular formula is C38H42N6+6. The molecule has 0 spiro atoms. The zero-order valence-electron chi connectivity index (χ0n) is 25.8. The molecule has 0 bridgehead atoms. The smallest absolute Gasteiger partial charge is 0.169 e. The highest BCUT2D eigenvalue weighted by Crippen LogP contribution is 2.17. The monoisotopic (exact) mass is 582 g/mol. The summed E-state index contributed by atoms with van der Waals surface area (Å²) in [7, 11) is 4.08. The van der Waals surface area contributed by atoms with Crippen molar-refractivity contribution >= 4 is 0 Å². The number of hydrogen-bond donors (Lipinski definition) is 0. The van der Waals surface area contributed by atoms with Gasteiger partial charge in [-0.3, -0.25) is 0 Å². The van der Waals surface area contributed by atoms with Crippen molar-refractivity contribution in [3.8, 4) is 33.4 Å². The van der Waals surface area contributed by atoms with Crippen LogP contribution in [0.25, 0.3) is 33.4 Å². The van der Waals surface area contributed by atoms with Crippen LogP contribution in [0.15, 0.2) is 147 Å².